The molecular weight excluding hydrogens is 416 g/mol. The SMILES string of the molecule is C=C(CC(=O)OC)C[C@H]1O[C@H](COC(C)=O)[C@@H](OC(C)=O)[C@H](OC(C)=O)[C@H]1OC(C)=O. The molecule has 0 aliphatic carbocycles. The van der Waals surface area contributed by atoms with Gasteiger partial charge in [0.2, 0.25) is 0 Å². The number of hydrogen-bond acceptors (Lipinski definition) is 11. The van der Waals surface area contributed by atoms with Gasteiger partial charge in [-0.15, -0.1) is 0 Å². The van der Waals surface area contributed by atoms with Crippen LogP contribution in [0.2, 0.25) is 0 Å². The van der Waals surface area contributed by atoms with Gasteiger partial charge in [-0.2, -0.15) is 0 Å². The molecule has 1 aliphatic rings. The minimum Gasteiger partial charge on any atom is -0.469 e. The van der Waals surface area contributed by atoms with Gasteiger partial charge in [-0.25, -0.2) is 0 Å². The van der Waals surface area contributed by atoms with E-state index >= 15 is 0 Å². The molecule has 5 atom stereocenters. The maximum atomic E-state index is 11.8. The number of hydrogen-bond donors (Lipinski definition) is 0. The lowest BCUT2D eigenvalue weighted by Gasteiger charge is -2.44. The van der Waals surface area contributed by atoms with Crippen molar-refractivity contribution in [1.29, 1.82) is 0 Å². The Morgan fingerprint density at radius 1 is 0.774 bits per heavy atom. The van der Waals surface area contributed by atoms with Crippen LogP contribution in [-0.2, 0) is 52.4 Å². The van der Waals surface area contributed by atoms with Crippen molar-refractivity contribution in [2.45, 2.75) is 71.1 Å². The van der Waals surface area contributed by atoms with Crippen LogP contribution < -0.4 is 0 Å². The molecule has 1 rings (SSSR count). The summed E-state index contributed by atoms with van der Waals surface area (Å²) in [5.74, 6) is -3.28. The molecule has 1 aliphatic heterocycles. The normalized spacial score (nSPS) is 25.0. The molecule has 0 aromatic heterocycles. The highest BCUT2D eigenvalue weighted by atomic mass is 16.7. The Hall–Kier alpha value is -2.95. The van der Waals surface area contributed by atoms with E-state index in [4.69, 9.17) is 23.7 Å². The highest BCUT2D eigenvalue weighted by Crippen LogP contribution is 2.32. The van der Waals surface area contributed by atoms with E-state index in [1.54, 1.807) is 0 Å². The van der Waals surface area contributed by atoms with E-state index in [0.29, 0.717) is 5.57 Å². The lowest BCUT2D eigenvalue weighted by molar-refractivity contribution is -0.252. The molecule has 1 fully saturated rings. The summed E-state index contributed by atoms with van der Waals surface area (Å²) in [6.45, 7) is 8.09. The van der Waals surface area contributed by atoms with Gasteiger partial charge in [0.05, 0.1) is 13.5 Å². The highest BCUT2D eigenvalue weighted by molar-refractivity contribution is 5.72. The number of rotatable bonds is 9. The summed E-state index contributed by atoms with van der Waals surface area (Å²) in [6.07, 6.45) is -5.76. The zero-order chi connectivity index (χ0) is 23.7. The fourth-order valence-corrected chi connectivity index (χ4v) is 3.12. The Balaban J connectivity index is 3.30. The standard InChI is InChI=1S/C20H28O11/c1-10(8-17(25)26-6)7-15-18(28-12(3)22)20(30-14(5)24)19(29-13(4)23)16(31-15)9-27-11(2)21/h15-16,18-20H,1,7-9H2,2-6H3/t15-,16-,18+,19-,20-/m1/s1. The van der Waals surface area contributed by atoms with Crippen molar-refractivity contribution in [3.63, 3.8) is 0 Å². The fraction of sp³-hybridized carbons (Fsp3) is 0.650. The largest absolute Gasteiger partial charge is 0.469 e. The van der Waals surface area contributed by atoms with Gasteiger partial charge in [-0.1, -0.05) is 12.2 Å². The fourth-order valence-electron chi connectivity index (χ4n) is 3.12. The first-order chi connectivity index (χ1) is 14.4. The van der Waals surface area contributed by atoms with Crippen molar-refractivity contribution in [2.75, 3.05) is 13.7 Å². The second kappa shape index (κ2) is 12.0. The number of carbonyl (C=O) groups excluding carboxylic acids is 5. The van der Waals surface area contributed by atoms with Crippen LogP contribution in [-0.4, -0.2) is 74.1 Å². The number of carbonyl (C=O) groups is 5. The molecule has 11 nitrogen and oxygen atoms in total. The van der Waals surface area contributed by atoms with Crippen molar-refractivity contribution in [3.8, 4) is 0 Å². The molecule has 0 radical (unpaired) electrons. The molecule has 1 heterocycles. The van der Waals surface area contributed by atoms with Gasteiger partial charge in [0.25, 0.3) is 0 Å². The first-order valence-electron chi connectivity index (χ1n) is 9.48. The van der Waals surface area contributed by atoms with Crippen LogP contribution in [0.1, 0.15) is 40.5 Å². The first kappa shape index (κ1) is 26.1. The molecule has 0 N–H and O–H groups in total. The molecular formula is C20H28O11. The molecule has 0 unspecified atom stereocenters. The van der Waals surface area contributed by atoms with E-state index in [9.17, 15) is 24.0 Å². The molecule has 174 valence electrons. The van der Waals surface area contributed by atoms with E-state index in [0.717, 1.165) is 20.8 Å². The number of esters is 5. The van der Waals surface area contributed by atoms with Crippen LogP contribution in [0.15, 0.2) is 12.2 Å². The second-order valence-electron chi connectivity index (χ2n) is 6.94. The van der Waals surface area contributed by atoms with E-state index in [1.807, 2.05) is 0 Å². The molecule has 11 heteroatoms. The third kappa shape index (κ3) is 8.75. The van der Waals surface area contributed by atoms with E-state index in [1.165, 1.54) is 14.0 Å². The van der Waals surface area contributed by atoms with E-state index < -0.39 is 60.4 Å². The Bertz CT molecular complexity index is 714. The molecule has 0 aromatic rings. The van der Waals surface area contributed by atoms with Crippen molar-refractivity contribution < 1.29 is 52.4 Å². The third-order valence-corrected chi connectivity index (χ3v) is 4.20. The summed E-state index contributed by atoms with van der Waals surface area (Å²) < 4.78 is 31.5. The quantitative estimate of drug-likeness (QED) is 0.281. The maximum Gasteiger partial charge on any atom is 0.309 e. The Kier molecular flexibility index (Phi) is 10.1. The van der Waals surface area contributed by atoms with Crippen LogP contribution in [0, 0.1) is 0 Å². The van der Waals surface area contributed by atoms with Gasteiger partial charge in [-0.05, 0) is 6.42 Å². The highest BCUT2D eigenvalue weighted by Gasteiger charge is 2.52. The molecule has 0 saturated carbocycles. The predicted molar refractivity (Wildman–Crippen MR) is 102 cm³/mol. The zero-order valence-corrected chi connectivity index (χ0v) is 18.2. The summed E-state index contributed by atoms with van der Waals surface area (Å²) in [6, 6.07) is 0. The first-order valence-corrected chi connectivity index (χ1v) is 9.48. The van der Waals surface area contributed by atoms with Gasteiger partial charge in [-0.3, -0.25) is 24.0 Å². The average Bonchev–Trinajstić information content (AvgIpc) is 2.63. The summed E-state index contributed by atoms with van der Waals surface area (Å²) in [4.78, 5) is 58.0. The van der Waals surface area contributed by atoms with E-state index in [-0.39, 0.29) is 19.4 Å². The minimum atomic E-state index is -1.25. The molecule has 0 bridgehead atoms. The van der Waals surface area contributed by atoms with Crippen molar-refractivity contribution in [3.05, 3.63) is 12.2 Å². The van der Waals surface area contributed by atoms with Crippen LogP contribution in [0.4, 0.5) is 0 Å². The van der Waals surface area contributed by atoms with Gasteiger partial charge in [0.15, 0.2) is 18.3 Å². The van der Waals surface area contributed by atoms with Crippen LogP contribution >= 0.6 is 0 Å². The lowest BCUT2D eigenvalue weighted by Crippen LogP contribution is -2.62. The van der Waals surface area contributed by atoms with Crippen LogP contribution in [0.25, 0.3) is 0 Å². The van der Waals surface area contributed by atoms with Gasteiger partial charge < -0.3 is 28.4 Å². The Morgan fingerprint density at radius 2 is 1.26 bits per heavy atom. The second-order valence-corrected chi connectivity index (χ2v) is 6.94. The van der Waals surface area contributed by atoms with Crippen molar-refractivity contribution >= 4 is 29.8 Å². The summed E-state index contributed by atoms with van der Waals surface area (Å²) in [7, 11) is 1.23. The molecule has 0 amide bonds. The zero-order valence-electron chi connectivity index (χ0n) is 18.2. The summed E-state index contributed by atoms with van der Waals surface area (Å²) in [5, 5.41) is 0. The van der Waals surface area contributed by atoms with Gasteiger partial charge >= 0.3 is 29.8 Å². The van der Waals surface area contributed by atoms with E-state index in [2.05, 4.69) is 11.3 Å². The molecule has 31 heavy (non-hydrogen) atoms. The molecule has 1 saturated heterocycles. The smallest absolute Gasteiger partial charge is 0.309 e. The molecule has 0 aromatic carbocycles. The Morgan fingerprint density at radius 3 is 1.71 bits per heavy atom. The van der Waals surface area contributed by atoms with Gasteiger partial charge in [0, 0.05) is 27.7 Å². The average molecular weight is 444 g/mol. The summed E-state index contributed by atoms with van der Waals surface area (Å²) >= 11 is 0. The molecule has 0 spiro atoms. The van der Waals surface area contributed by atoms with Crippen molar-refractivity contribution in [2.24, 2.45) is 0 Å². The summed E-state index contributed by atoms with van der Waals surface area (Å²) in [5.41, 5.74) is 0.396. The van der Waals surface area contributed by atoms with Gasteiger partial charge in [0.1, 0.15) is 18.8 Å². The Labute approximate surface area is 179 Å². The van der Waals surface area contributed by atoms with Crippen LogP contribution in [0.3, 0.4) is 0 Å². The number of ether oxygens (including phenoxy) is 6. The van der Waals surface area contributed by atoms with Crippen molar-refractivity contribution in [1.82, 2.24) is 0 Å². The number of methoxy groups -OCH3 is 1. The monoisotopic (exact) mass is 444 g/mol. The minimum absolute atomic E-state index is 0.0220. The lowest BCUT2D eigenvalue weighted by atomic mass is 9.90. The van der Waals surface area contributed by atoms with Crippen LogP contribution in [0.5, 0.6) is 0 Å². The maximum absolute atomic E-state index is 11.8. The predicted octanol–water partition coefficient (Wildman–Crippen LogP) is 0.621. The topological polar surface area (TPSA) is 141 Å². The third-order valence-electron chi connectivity index (χ3n) is 4.20.